The Labute approximate surface area is 231 Å². The number of hydrogen-bond acceptors (Lipinski definition) is 7. The molecule has 4 heterocycles. The Morgan fingerprint density at radius 2 is 1.69 bits per heavy atom. The standard InChI is InChI=1S/C27H32ClN7O4/c1-16-14-18(17(2)29-20-6-7-21(28)30-23(20)25(37)38)22-19(15-16)24(36)32(3)26(31-22)33-10-12-35(13-11-33)27(39)34-8-4-5-9-34/h6-7,14-15,17,29H,4-5,8-13H2,1-3H3,(H,37,38)/t17-/m1/s1. The van der Waals surface area contributed by atoms with Gasteiger partial charge in [0.05, 0.1) is 22.6 Å². The van der Waals surface area contributed by atoms with Gasteiger partial charge in [0, 0.05) is 51.9 Å². The van der Waals surface area contributed by atoms with E-state index in [9.17, 15) is 19.5 Å². The van der Waals surface area contributed by atoms with Crippen LogP contribution >= 0.6 is 11.6 Å². The predicted octanol–water partition coefficient (Wildman–Crippen LogP) is 3.50. The van der Waals surface area contributed by atoms with E-state index in [1.54, 1.807) is 17.7 Å². The van der Waals surface area contributed by atoms with Crippen molar-refractivity contribution in [3.05, 3.63) is 56.6 Å². The number of urea groups is 1. The largest absolute Gasteiger partial charge is 0.476 e. The first-order valence-electron chi connectivity index (χ1n) is 13.1. The first kappa shape index (κ1) is 26.7. The van der Waals surface area contributed by atoms with Crippen molar-refractivity contribution in [3.8, 4) is 0 Å². The fraction of sp³-hybridized carbons (Fsp3) is 0.444. The van der Waals surface area contributed by atoms with Gasteiger partial charge in [-0.3, -0.25) is 9.36 Å². The molecule has 2 aromatic heterocycles. The second-order valence-electron chi connectivity index (χ2n) is 10.2. The number of anilines is 2. The highest BCUT2D eigenvalue weighted by Crippen LogP contribution is 2.29. The summed E-state index contributed by atoms with van der Waals surface area (Å²) in [5, 5.41) is 13.4. The van der Waals surface area contributed by atoms with Gasteiger partial charge in [-0.05, 0) is 50.5 Å². The van der Waals surface area contributed by atoms with Crippen LogP contribution in [0.2, 0.25) is 5.15 Å². The van der Waals surface area contributed by atoms with Gasteiger partial charge < -0.3 is 25.1 Å². The van der Waals surface area contributed by atoms with Gasteiger partial charge in [-0.25, -0.2) is 19.6 Å². The lowest BCUT2D eigenvalue weighted by atomic mass is 10.0. The number of carboxylic acid groups (broad SMARTS) is 1. The molecule has 1 atom stereocenters. The zero-order valence-electron chi connectivity index (χ0n) is 22.3. The third-order valence-electron chi connectivity index (χ3n) is 7.44. The number of rotatable bonds is 5. The number of aromatic nitrogens is 3. The van der Waals surface area contributed by atoms with Crippen LogP contribution in [0, 0.1) is 6.92 Å². The number of hydrogen-bond donors (Lipinski definition) is 2. The first-order valence-corrected chi connectivity index (χ1v) is 13.5. The van der Waals surface area contributed by atoms with Crippen molar-refractivity contribution in [3.63, 3.8) is 0 Å². The number of piperazine rings is 1. The van der Waals surface area contributed by atoms with E-state index in [2.05, 4.69) is 10.3 Å². The topological polar surface area (TPSA) is 124 Å². The van der Waals surface area contributed by atoms with Gasteiger partial charge in [0.25, 0.3) is 5.56 Å². The molecule has 2 fully saturated rings. The number of aryl methyl sites for hydroxylation is 1. The van der Waals surface area contributed by atoms with Gasteiger partial charge >= 0.3 is 12.0 Å². The van der Waals surface area contributed by atoms with Gasteiger partial charge in [0.1, 0.15) is 5.15 Å². The van der Waals surface area contributed by atoms with Crippen LogP contribution in [0.25, 0.3) is 10.9 Å². The Morgan fingerprint density at radius 3 is 2.36 bits per heavy atom. The highest BCUT2D eigenvalue weighted by Gasteiger charge is 2.29. The molecule has 3 aromatic rings. The van der Waals surface area contributed by atoms with Crippen LogP contribution in [0.5, 0.6) is 0 Å². The smallest absolute Gasteiger partial charge is 0.356 e. The maximum Gasteiger partial charge on any atom is 0.356 e. The molecule has 0 spiro atoms. The highest BCUT2D eigenvalue weighted by molar-refractivity contribution is 6.29. The van der Waals surface area contributed by atoms with Crippen LogP contribution in [0.4, 0.5) is 16.4 Å². The fourth-order valence-corrected chi connectivity index (χ4v) is 5.53. The third-order valence-corrected chi connectivity index (χ3v) is 7.65. The highest BCUT2D eigenvalue weighted by atomic mass is 35.5. The van der Waals surface area contributed by atoms with E-state index in [4.69, 9.17) is 16.6 Å². The number of halogens is 1. The normalized spacial score (nSPS) is 16.6. The Bertz CT molecular complexity index is 1490. The minimum atomic E-state index is -1.20. The SMILES string of the molecule is Cc1cc([C@@H](C)Nc2ccc(Cl)nc2C(=O)O)c2nc(N3CCN(C(=O)N4CCCC4)CC3)n(C)c(=O)c2c1. The van der Waals surface area contributed by atoms with Crippen molar-refractivity contribution in [1.29, 1.82) is 0 Å². The lowest BCUT2D eigenvalue weighted by Gasteiger charge is -2.37. The zero-order chi connectivity index (χ0) is 27.8. The van der Waals surface area contributed by atoms with E-state index < -0.39 is 12.0 Å². The van der Waals surface area contributed by atoms with Gasteiger partial charge in [-0.1, -0.05) is 17.7 Å². The molecule has 2 amide bonds. The van der Waals surface area contributed by atoms with E-state index in [1.807, 2.05) is 40.7 Å². The summed E-state index contributed by atoms with van der Waals surface area (Å²) in [4.78, 5) is 52.8. The van der Waals surface area contributed by atoms with Crippen LogP contribution in [0.3, 0.4) is 0 Å². The number of likely N-dealkylation sites (tertiary alicyclic amines) is 1. The van der Waals surface area contributed by atoms with Crippen molar-refractivity contribution in [2.45, 2.75) is 32.7 Å². The molecule has 11 nitrogen and oxygen atoms in total. The van der Waals surface area contributed by atoms with E-state index in [0.717, 1.165) is 37.1 Å². The van der Waals surface area contributed by atoms with E-state index >= 15 is 0 Å². The molecule has 0 bridgehead atoms. The molecular weight excluding hydrogens is 522 g/mol. The molecule has 0 aliphatic carbocycles. The molecule has 2 N–H and O–H groups in total. The summed E-state index contributed by atoms with van der Waals surface area (Å²) in [7, 11) is 1.72. The zero-order valence-corrected chi connectivity index (χ0v) is 23.0. The second-order valence-corrected chi connectivity index (χ2v) is 10.6. The van der Waals surface area contributed by atoms with Crippen molar-refractivity contribution in [2.75, 3.05) is 49.5 Å². The maximum absolute atomic E-state index is 13.5. The minimum absolute atomic E-state index is 0.0857. The molecule has 12 heteroatoms. The summed E-state index contributed by atoms with van der Waals surface area (Å²) in [5.74, 6) is -0.657. The monoisotopic (exact) mass is 553 g/mol. The molecule has 2 aliphatic heterocycles. The van der Waals surface area contributed by atoms with Crippen molar-refractivity contribution in [2.24, 2.45) is 7.05 Å². The number of aromatic carboxylic acids is 1. The number of benzene rings is 1. The maximum atomic E-state index is 13.5. The Hall–Kier alpha value is -3.86. The molecule has 0 unspecified atom stereocenters. The second kappa shape index (κ2) is 10.7. The molecule has 1 aromatic carbocycles. The van der Waals surface area contributed by atoms with Crippen LogP contribution in [0.1, 0.15) is 47.4 Å². The number of carbonyl (C=O) groups is 2. The molecule has 5 rings (SSSR count). The summed E-state index contributed by atoms with van der Waals surface area (Å²) in [6, 6.07) is 6.57. The lowest BCUT2D eigenvalue weighted by Crippen LogP contribution is -2.53. The number of carboxylic acids is 1. The summed E-state index contributed by atoms with van der Waals surface area (Å²) >= 11 is 5.92. The van der Waals surface area contributed by atoms with Crippen molar-refractivity contribution in [1.82, 2.24) is 24.3 Å². The van der Waals surface area contributed by atoms with Gasteiger partial charge in [-0.15, -0.1) is 0 Å². The average molecular weight is 554 g/mol. The third kappa shape index (κ3) is 5.23. The van der Waals surface area contributed by atoms with Gasteiger partial charge in [-0.2, -0.15) is 0 Å². The summed E-state index contributed by atoms with van der Waals surface area (Å²) in [6.45, 7) is 7.68. The molecule has 0 saturated carbocycles. The van der Waals surface area contributed by atoms with E-state index in [0.29, 0.717) is 48.7 Å². The summed E-state index contributed by atoms with van der Waals surface area (Å²) in [6.07, 6.45) is 2.10. The fourth-order valence-electron chi connectivity index (χ4n) is 5.39. The van der Waals surface area contributed by atoms with Gasteiger partial charge in [0.15, 0.2) is 5.69 Å². The van der Waals surface area contributed by atoms with Crippen LogP contribution in [0.15, 0.2) is 29.1 Å². The Morgan fingerprint density at radius 1 is 1.03 bits per heavy atom. The lowest BCUT2D eigenvalue weighted by molar-refractivity contribution is 0.0691. The molecule has 2 saturated heterocycles. The van der Waals surface area contributed by atoms with E-state index in [1.165, 1.54) is 6.07 Å². The van der Waals surface area contributed by atoms with Crippen LogP contribution in [-0.4, -0.2) is 80.7 Å². The van der Waals surface area contributed by atoms with Crippen molar-refractivity contribution < 1.29 is 14.7 Å². The Balaban J connectivity index is 1.46. The molecule has 0 radical (unpaired) electrons. The number of amides is 2. The summed E-state index contributed by atoms with van der Waals surface area (Å²) in [5.41, 5.74) is 2.17. The van der Waals surface area contributed by atoms with Crippen LogP contribution < -0.4 is 15.8 Å². The molecule has 206 valence electrons. The number of fused-ring (bicyclic) bond motifs is 1. The molecule has 39 heavy (non-hydrogen) atoms. The van der Waals surface area contributed by atoms with Crippen LogP contribution in [-0.2, 0) is 7.05 Å². The minimum Gasteiger partial charge on any atom is -0.476 e. The molecule has 2 aliphatic rings. The van der Waals surface area contributed by atoms with Crippen molar-refractivity contribution >= 4 is 46.1 Å². The quantitative estimate of drug-likeness (QED) is 0.460. The Kier molecular flexibility index (Phi) is 7.35. The van der Waals surface area contributed by atoms with E-state index in [-0.39, 0.29) is 22.4 Å². The number of nitrogens with zero attached hydrogens (tertiary/aromatic N) is 6. The van der Waals surface area contributed by atoms with Gasteiger partial charge in [0.2, 0.25) is 5.95 Å². The first-order chi connectivity index (χ1) is 18.6. The summed E-state index contributed by atoms with van der Waals surface area (Å²) < 4.78 is 1.56. The number of nitrogens with one attached hydrogen (secondary N) is 1. The number of carbonyl (C=O) groups excluding carboxylic acids is 1. The molecular formula is C27H32ClN7O4. The number of pyridine rings is 1. The average Bonchev–Trinajstić information content (AvgIpc) is 3.46. The predicted molar refractivity (Wildman–Crippen MR) is 150 cm³/mol.